The number of primary amides is 1. The Labute approximate surface area is 125 Å². The first-order chi connectivity index (χ1) is 9.79. The van der Waals surface area contributed by atoms with E-state index < -0.39 is 0 Å². The molecular formula is C17H34N2O. The van der Waals surface area contributed by atoms with Gasteiger partial charge in [0, 0.05) is 6.42 Å². The third kappa shape index (κ3) is 10.2. The zero-order valence-corrected chi connectivity index (χ0v) is 13.2. The second-order valence-electron chi connectivity index (χ2n) is 6.30. The molecule has 1 aliphatic rings. The van der Waals surface area contributed by atoms with Gasteiger partial charge < -0.3 is 10.6 Å². The van der Waals surface area contributed by atoms with Crippen LogP contribution >= 0.6 is 0 Å². The lowest BCUT2D eigenvalue weighted by molar-refractivity contribution is -0.118. The molecular weight excluding hydrogens is 248 g/mol. The van der Waals surface area contributed by atoms with Gasteiger partial charge in [0.05, 0.1) is 0 Å². The maximum atomic E-state index is 10.6. The average molecular weight is 282 g/mol. The third-order valence-corrected chi connectivity index (χ3v) is 4.35. The Bertz CT molecular complexity index is 237. The molecule has 3 nitrogen and oxygen atoms in total. The molecule has 1 saturated heterocycles. The molecule has 20 heavy (non-hydrogen) atoms. The molecule has 0 aromatic heterocycles. The first kappa shape index (κ1) is 17.5. The van der Waals surface area contributed by atoms with Crippen molar-refractivity contribution in [2.45, 2.75) is 83.5 Å². The van der Waals surface area contributed by atoms with Crippen LogP contribution in [0.4, 0.5) is 0 Å². The van der Waals surface area contributed by atoms with Crippen LogP contribution in [0.3, 0.4) is 0 Å². The van der Waals surface area contributed by atoms with E-state index in [0.29, 0.717) is 6.42 Å². The minimum absolute atomic E-state index is 0.154. The van der Waals surface area contributed by atoms with E-state index in [0.717, 1.165) is 12.8 Å². The van der Waals surface area contributed by atoms with E-state index in [1.165, 1.54) is 83.8 Å². The predicted octanol–water partition coefficient (Wildman–Crippen LogP) is 3.86. The van der Waals surface area contributed by atoms with Crippen molar-refractivity contribution < 1.29 is 4.79 Å². The smallest absolute Gasteiger partial charge is 0.217 e. The summed E-state index contributed by atoms with van der Waals surface area (Å²) in [5, 5.41) is 0. The number of rotatable bonds is 12. The molecule has 0 spiro atoms. The largest absolute Gasteiger partial charge is 0.370 e. The van der Waals surface area contributed by atoms with Gasteiger partial charge in [0.2, 0.25) is 5.91 Å². The number of carbonyl (C=O) groups excluding carboxylic acids is 1. The minimum atomic E-state index is -0.154. The monoisotopic (exact) mass is 282 g/mol. The average Bonchev–Trinajstić information content (AvgIpc) is 2.45. The summed E-state index contributed by atoms with van der Waals surface area (Å²) < 4.78 is 0. The molecule has 0 radical (unpaired) electrons. The predicted molar refractivity (Wildman–Crippen MR) is 85.7 cm³/mol. The molecule has 0 aromatic carbocycles. The summed E-state index contributed by atoms with van der Waals surface area (Å²) in [5.74, 6) is -0.154. The van der Waals surface area contributed by atoms with Crippen LogP contribution in [0.2, 0.25) is 0 Å². The van der Waals surface area contributed by atoms with Gasteiger partial charge in [-0.25, -0.2) is 0 Å². The fourth-order valence-corrected chi connectivity index (χ4v) is 3.06. The molecule has 0 bridgehead atoms. The number of nitrogens with zero attached hydrogens (tertiary/aromatic N) is 1. The number of likely N-dealkylation sites (tertiary alicyclic amines) is 1. The summed E-state index contributed by atoms with van der Waals surface area (Å²) in [5.41, 5.74) is 5.11. The van der Waals surface area contributed by atoms with Crippen LogP contribution in [0.25, 0.3) is 0 Å². The first-order valence-electron chi connectivity index (χ1n) is 8.80. The van der Waals surface area contributed by atoms with Gasteiger partial charge in [-0.3, -0.25) is 4.79 Å². The van der Waals surface area contributed by atoms with Gasteiger partial charge in [0.1, 0.15) is 0 Å². The Hall–Kier alpha value is -0.570. The molecule has 1 fully saturated rings. The minimum Gasteiger partial charge on any atom is -0.370 e. The van der Waals surface area contributed by atoms with Crippen molar-refractivity contribution in [3.05, 3.63) is 0 Å². The van der Waals surface area contributed by atoms with Gasteiger partial charge in [-0.05, 0) is 45.3 Å². The molecule has 2 N–H and O–H groups in total. The highest BCUT2D eigenvalue weighted by Crippen LogP contribution is 2.12. The van der Waals surface area contributed by atoms with E-state index in [1.807, 2.05) is 0 Å². The molecule has 1 rings (SSSR count). The molecule has 1 aliphatic heterocycles. The number of piperidine rings is 1. The molecule has 0 aliphatic carbocycles. The lowest BCUT2D eigenvalue weighted by Crippen LogP contribution is -2.30. The lowest BCUT2D eigenvalue weighted by Gasteiger charge is -2.26. The highest BCUT2D eigenvalue weighted by Gasteiger charge is 2.08. The van der Waals surface area contributed by atoms with Crippen molar-refractivity contribution in [2.75, 3.05) is 19.6 Å². The SMILES string of the molecule is NC(=O)CCCCCCCCCCCN1CCCCC1. The summed E-state index contributed by atoms with van der Waals surface area (Å²) >= 11 is 0. The molecule has 0 saturated carbocycles. The molecule has 0 atom stereocenters. The molecule has 0 aromatic rings. The number of hydrogen-bond donors (Lipinski definition) is 1. The van der Waals surface area contributed by atoms with Gasteiger partial charge in [-0.2, -0.15) is 0 Å². The maximum Gasteiger partial charge on any atom is 0.217 e. The topological polar surface area (TPSA) is 46.3 Å². The lowest BCUT2D eigenvalue weighted by atomic mass is 10.1. The van der Waals surface area contributed by atoms with Crippen molar-refractivity contribution in [1.29, 1.82) is 0 Å². The van der Waals surface area contributed by atoms with Crippen LogP contribution in [-0.4, -0.2) is 30.4 Å². The van der Waals surface area contributed by atoms with E-state index in [9.17, 15) is 4.79 Å². The number of nitrogens with two attached hydrogens (primary N) is 1. The summed E-state index contributed by atoms with van der Waals surface area (Å²) in [6, 6.07) is 0. The Morgan fingerprint density at radius 3 is 1.80 bits per heavy atom. The first-order valence-corrected chi connectivity index (χ1v) is 8.80. The number of amides is 1. The van der Waals surface area contributed by atoms with E-state index in [2.05, 4.69) is 4.90 Å². The molecule has 1 heterocycles. The van der Waals surface area contributed by atoms with Crippen molar-refractivity contribution in [1.82, 2.24) is 4.90 Å². The molecule has 0 unspecified atom stereocenters. The highest BCUT2D eigenvalue weighted by molar-refractivity contribution is 5.73. The van der Waals surface area contributed by atoms with E-state index in [4.69, 9.17) is 5.73 Å². The van der Waals surface area contributed by atoms with Gasteiger partial charge in [-0.15, -0.1) is 0 Å². The Balaban J connectivity index is 1.73. The second kappa shape index (κ2) is 12.2. The van der Waals surface area contributed by atoms with Crippen LogP contribution in [0.15, 0.2) is 0 Å². The third-order valence-electron chi connectivity index (χ3n) is 4.35. The van der Waals surface area contributed by atoms with Crippen LogP contribution in [-0.2, 0) is 4.79 Å². The second-order valence-corrected chi connectivity index (χ2v) is 6.30. The summed E-state index contributed by atoms with van der Waals surface area (Å²) in [6.45, 7) is 4.00. The standard InChI is InChI=1S/C17H34N2O/c18-17(20)13-9-6-4-2-1-3-5-7-10-14-19-15-11-8-12-16-19/h1-16H2,(H2,18,20). The summed E-state index contributed by atoms with van der Waals surface area (Å²) in [7, 11) is 0. The van der Waals surface area contributed by atoms with Crippen molar-refractivity contribution in [3.63, 3.8) is 0 Å². The van der Waals surface area contributed by atoms with Crippen LogP contribution in [0.5, 0.6) is 0 Å². The van der Waals surface area contributed by atoms with Crippen LogP contribution < -0.4 is 5.73 Å². The highest BCUT2D eigenvalue weighted by atomic mass is 16.1. The maximum absolute atomic E-state index is 10.6. The molecule has 1 amide bonds. The number of hydrogen-bond acceptors (Lipinski definition) is 2. The van der Waals surface area contributed by atoms with Crippen molar-refractivity contribution in [2.24, 2.45) is 5.73 Å². The Kier molecular flexibility index (Phi) is 10.7. The van der Waals surface area contributed by atoms with Crippen molar-refractivity contribution >= 4 is 5.91 Å². The van der Waals surface area contributed by atoms with Crippen LogP contribution in [0.1, 0.15) is 83.5 Å². The summed E-state index contributed by atoms with van der Waals surface area (Å²) in [6.07, 6.45) is 16.5. The van der Waals surface area contributed by atoms with E-state index in [1.54, 1.807) is 0 Å². The normalized spacial score (nSPS) is 16.4. The van der Waals surface area contributed by atoms with Crippen LogP contribution in [0, 0.1) is 0 Å². The van der Waals surface area contributed by atoms with Gasteiger partial charge >= 0.3 is 0 Å². The Morgan fingerprint density at radius 2 is 1.25 bits per heavy atom. The van der Waals surface area contributed by atoms with Gasteiger partial charge in [0.15, 0.2) is 0 Å². The van der Waals surface area contributed by atoms with E-state index >= 15 is 0 Å². The quantitative estimate of drug-likeness (QED) is 0.552. The fourth-order valence-electron chi connectivity index (χ4n) is 3.06. The Morgan fingerprint density at radius 1 is 0.750 bits per heavy atom. The summed E-state index contributed by atoms with van der Waals surface area (Å²) in [4.78, 5) is 13.2. The molecule has 118 valence electrons. The molecule has 3 heteroatoms. The van der Waals surface area contributed by atoms with Gasteiger partial charge in [0.25, 0.3) is 0 Å². The zero-order chi connectivity index (χ0) is 14.5. The van der Waals surface area contributed by atoms with Crippen molar-refractivity contribution in [3.8, 4) is 0 Å². The zero-order valence-electron chi connectivity index (χ0n) is 13.2. The van der Waals surface area contributed by atoms with E-state index in [-0.39, 0.29) is 5.91 Å². The fraction of sp³-hybridized carbons (Fsp3) is 0.941. The van der Waals surface area contributed by atoms with Gasteiger partial charge in [-0.1, -0.05) is 51.4 Å². The number of unbranched alkanes of at least 4 members (excludes halogenated alkanes) is 8. The number of carbonyl (C=O) groups is 1.